The number of nitrogens with one attached hydrogen (secondary N) is 1. The summed E-state index contributed by atoms with van der Waals surface area (Å²) in [6, 6.07) is 9.58. The van der Waals surface area contributed by atoms with Crippen LogP contribution in [0.4, 0.5) is 5.69 Å². The summed E-state index contributed by atoms with van der Waals surface area (Å²) in [5, 5.41) is 2.84. The number of hydrogen-bond acceptors (Lipinski definition) is 4. The van der Waals surface area contributed by atoms with Crippen LogP contribution in [-0.2, 0) is 0 Å². The molecular weight excluding hydrogens is 352 g/mol. The highest BCUT2D eigenvalue weighted by Crippen LogP contribution is 2.24. The monoisotopic (exact) mass is 380 g/mol. The molecule has 2 aromatic rings. The second-order valence-corrected chi connectivity index (χ2v) is 7.56. The van der Waals surface area contributed by atoms with E-state index in [9.17, 15) is 9.59 Å². The van der Waals surface area contributed by atoms with Gasteiger partial charge in [0.25, 0.3) is 11.8 Å². The SMILES string of the molecule is Cc1cccc(N2CCN(C(=O)c3cc(C(=O)NC(C)C)ccn3)CC2)c1C. The fourth-order valence-corrected chi connectivity index (χ4v) is 3.42. The number of aryl methyl sites for hydroxylation is 1. The molecule has 28 heavy (non-hydrogen) atoms. The van der Waals surface area contributed by atoms with Gasteiger partial charge in [-0.3, -0.25) is 14.6 Å². The van der Waals surface area contributed by atoms with Crippen molar-refractivity contribution in [2.45, 2.75) is 33.7 Å². The van der Waals surface area contributed by atoms with Crippen LogP contribution in [0.15, 0.2) is 36.5 Å². The molecule has 1 aliphatic rings. The quantitative estimate of drug-likeness (QED) is 0.886. The van der Waals surface area contributed by atoms with Crippen molar-refractivity contribution < 1.29 is 9.59 Å². The Kier molecular flexibility index (Phi) is 5.97. The predicted octanol–water partition coefficient (Wildman–Crippen LogP) is 2.80. The molecule has 0 saturated carbocycles. The van der Waals surface area contributed by atoms with E-state index in [1.165, 1.54) is 23.0 Å². The molecule has 0 spiro atoms. The van der Waals surface area contributed by atoms with Crippen LogP contribution in [0.3, 0.4) is 0 Å². The molecule has 0 radical (unpaired) electrons. The third-order valence-corrected chi connectivity index (χ3v) is 5.14. The van der Waals surface area contributed by atoms with Gasteiger partial charge in [0.2, 0.25) is 0 Å². The number of pyridine rings is 1. The molecule has 0 bridgehead atoms. The molecule has 1 aliphatic heterocycles. The van der Waals surface area contributed by atoms with E-state index in [1.54, 1.807) is 12.1 Å². The van der Waals surface area contributed by atoms with Crippen molar-refractivity contribution in [2.24, 2.45) is 0 Å². The standard InChI is InChI=1S/C22H28N4O2/c1-15(2)24-21(27)18-8-9-23-19(14-18)22(28)26-12-10-25(11-13-26)20-7-5-6-16(3)17(20)4/h5-9,14-15H,10-13H2,1-4H3,(H,24,27). The van der Waals surface area contributed by atoms with E-state index < -0.39 is 0 Å². The van der Waals surface area contributed by atoms with Gasteiger partial charge < -0.3 is 15.1 Å². The fraction of sp³-hybridized carbons (Fsp3) is 0.409. The number of carbonyl (C=O) groups excluding carboxylic acids is 2. The highest BCUT2D eigenvalue weighted by atomic mass is 16.2. The molecule has 1 aromatic carbocycles. The van der Waals surface area contributed by atoms with Crippen LogP contribution >= 0.6 is 0 Å². The lowest BCUT2D eigenvalue weighted by molar-refractivity contribution is 0.0741. The minimum Gasteiger partial charge on any atom is -0.368 e. The van der Waals surface area contributed by atoms with E-state index >= 15 is 0 Å². The van der Waals surface area contributed by atoms with Crippen molar-refractivity contribution in [2.75, 3.05) is 31.1 Å². The third-order valence-electron chi connectivity index (χ3n) is 5.14. The first-order chi connectivity index (χ1) is 13.4. The van der Waals surface area contributed by atoms with Gasteiger partial charge >= 0.3 is 0 Å². The van der Waals surface area contributed by atoms with Gasteiger partial charge in [-0.05, 0) is 57.0 Å². The molecule has 1 saturated heterocycles. The maximum atomic E-state index is 12.9. The first-order valence-electron chi connectivity index (χ1n) is 9.74. The fourth-order valence-electron chi connectivity index (χ4n) is 3.42. The summed E-state index contributed by atoms with van der Waals surface area (Å²) in [5.41, 5.74) is 4.57. The Balaban J connectivity index is 1.67. The van der Waals surface area contributed by atoms with Crippen LogP contribution in [0.2, 0.25) is 0 Å². The maximum absolute atomic E-state index is 12.9. The van der Waals surface area contributed by atoms with Gasteiger partial charge in [0.1, 0.15) is 5.69 Å². The zero-order valence-corrected chi connectivity index (χ0v) is 17.0. The average Bonchev–Trinajstić information content (AvgIpc) is 2.69. The molecule has 1 fully saturated rings. The molecule has 2 heterocycles. The Labute approximate surface area is 166 Å². The molecule has 6 nitrogen and oxygen atoms in total. The summed E-state index contributed by atoms with van der Waals surface area (Å²) in [5.74, 6) is -0.314. The number of carbonyl (C=O) groups is 2. The van der Waals surface area contributed by atoms with E-state index in [-0.39, 0.29) is 17.9 Å². The summed E-state index contributed by atoms with van der Waals surface area (Å²) < 4.78 is 0. The topological polar surface area (TPSA) is 65.5 Å². The summed E-state index contributed by atoms with van der Waals surface area (Å²) in [4.78, 5) is 33.4. The van der Waals surface area contributed by atoms with Gasteiger partial charge in [0.05, 0.1) is 0 Å². The number of aromatic nitrogens is 1. The average molecular weight is 380 g/mol. The van der Waals surface area contributed by atoms with Crippen molar-refractivity contribution in [1.29, 1.82) is 0 Å². The molecule has 148 valence electrons. The number of nitrogens with zero attached hydrogens (tertiary/aromatic N) is 3. The van der Waals surface area contributed by atoms with E-state index in [4.69, 9.17) is 0 Å². The molecule has 0 aliphatic carbocycles. The summed E-state index contributed by atoms with van der Waals surface area (Å²) in [7, 11) is 0. The molecule has 6 heteroatoms. The van der Waals surface area contributed by atoms with Gasteiger partial charge in [-0.25, -0.2) is 0 Å². The van der Waals surface area contributed by atoms with Crippen LogP contribution in [0, 0.1) is 13.8 Å². The summed E-state index contributed by atoms with van der Waals surface area (Å²) in [6.45, 7) is 10.9. The molecule has 1 aromatic heterocycles. The first-order valence-corrected chi connectivity index (χ1v) is 9.74. The van der Waals surface area contributed by atoms with Gasteiger partial charge in [0.15, 0.2) is 0 Å². The lowest BCUT2D eigenvalue weighted by atomic mass is 10.1. The Bertz CT molecular complexity index is 871. The first kappa shape index (κ1) is 19.9. The van der Waals surface area contributed by atoms with Crippen LogP contribution in [0.25, 0.3) is 0 Å². The number of piperazine rings is 1. The summed E-state index contributed by atoms with van der Waals surface area (Å²) in [6.07, 6.45) is 1.52. The lowest BCUT2D eigenvalue weighted by Gasteiger charge is -2.37. The van der Waals surface area contributed by atoms with Gasteiger partial charge in [0, 0.05) is 49.7 Å². The van der Waals surface area contributed by atoms with E-state index in [0.29, 0.717) is 24.3 Å². The predicted molar refractivity (Wildman–Crippen MR) is 111 cm³/mol. The van der Waals surface area contributed by atoms with Gasteiger partial charge in [-0.15, -0.1) is 0 Å². The van der Waals surface area contributed by atoms with E-state index in [0.717, 1.165) is 13.1 Å². The molecule has 2 amide bonds. The van der Waals surface area contributed by atoms with Gasteiger partial charge in [-0.1, -0.05) is 12.1 Å². The van der Waals surface area contributed by atoms with Crippen LogP contribution in [-0.4, -0.2) is 53.9 Å². The van der Waals surface area contributed by atoms with Crippen molar-refractivity contribution in [3.05, 3.63) is 58.9 Å². The van der Waals surface area contributed by atoms with Crippen molar-refractivity contribution in [3.8, 4) is 0 Å². The normalized spacial score (nSPS) is 14.3. The highest BCUT2D eigenvalue weighted by molar-refractivity contribution is 5.98. The van der Waals surface area contributed by atoms with Crippen molar-refractivity contribution in [1.82, 2.24) is 15.2 Å². The van der Waals surface area contributed by atoms with E-state index in [2.05, 4.69) is 47.2 Å². The van der Waals surface area contributed by atoms with Crippen LogP contribution in [0.1, 0.15) is 45.8 Å². The molecular formula is C22H28N4O2. The Hall–Kier alpha value is -2.89. The second kappa shape index (κ2) is 8.42. The zero-order valence-electron chi connectivity index (χ0n) is 17.0. The molecule has 1 N–H and O–H groups in total. The van der Waals surface area contributed by atoms with Crippen molar-refractivity contribution in [3.63, 3.8) is 0 Å². The van der Waals surface area contributed by atoms with Crippen LogP contribution < -0.4 is 10.2 Å². The molecule has 0 atom stereocenters. The van der Waals surface area contributed by atoms with Crippen LogP contribution in [0.5, 0.6) is 0 Å². The Morgan fingerprint density at radius 2 is 1.79 bits per heavy atom. The smallest absolute Gasteiger partial charge is 0.272 e. The Morgan fingerprint density at radius 1 is 1.07 bits per heavy atom. The number of hydrogen-bond donors (Lipinski definition) is 1. The van der Waals surface area contributed by atoms with Crippen molar-refractivity contribution >= 4 is 17.5 Å². The minimum atomic E-state index is -0.189. The highest BCUT2D eigenvalue weighted by Gasteiger charge is 2.24. The van der Waals surface area contributed by atoms with E-state index in [1.807, 2.05) is 18.7 Å². The minimum absolute atomic E-state index is 0.0398. The van der Waals surface area contributed by atoms with Gasteiger partial charge in [-0.2, -0.15) is 0 Å². The second-order valence-electron chi connectivity index (χ2n) is 7.56. The number of amides is 2. The third kappa shape index (κ3) is 4.32. The summed E-state index contributed by atoms with van der Waals surface area (Å²) >= 11 is 0. The molecule has 3 rings (SSSR count). The largest absolute Gasteiger partial charge is 0.368 e. The zero-order chi connectivity index (χ0) is 20.3. The lowest BCUT2D eigenvalue weighted by Crippen LogP contribution is -2.49. The maximum Gasteiger partial charge on any atom is 0.272 e. The number of rotatable bonds is 4. The number of benzene rings is 1. The number of anilines is 1. The Morgan fingerprint density at radius 3 is 2.46 bits per heavy atom. The molecule has 0 unspecified atom stereocenters.